The molecule has 1 aliphatic heterocycles. The molecular formula is C34H37NO2P2. The Morgan fingerprint density at radius 2 is 1.18 bits per heavy atom. The molecule has 0 aromatic heterocycles. The van der Waals surface area contributed by atoms with Crippen LogP contribution in [-0.4, -0.2) is 29.6 Å². The Morgan fingerprint density at radius 3 is 1.62 bits per heavy atom. The van der Waals surface area contributed by atoms with Gasteiger partial charge in [-0.2, -0.15) is 0 Å². The summed E-state index contributed by atoms with van der Waals surface area (Å²) >= 11 is 0. The molecule has 1 N–H and O–H groups in total. The van der Waals surface area contributed by atoms with Crippen LogP contribution in [-0.2, 0) is 9.89 Å². The van der Waals surface area contributed by atoms with Gasteiger partial charge in [0.05, 0.1) is 5.16 Å². The Labute approximate surface area is 235 Å². The highest BCUT2D eigenvalue weighted by Crippen LogP contribution is 2.55. The molecular weight excluding hydrogens is 516 g/mol. The summed E-state index contributed by atoms with van der Waals surface area (Å²) in [6.07, 6.45) is 0.967. The standard InChI is InChI=1S/C34H37NO2P2/c1-33(2,3)37-32(36)38-34(26-16-8-4-9-17-26,27-18-10-5-11-19-27)31-24-30(25-35-31)39(28-20-12-6-13-21-28)29-22-14-7-15-23-29/h4-23,30-31,35,38H,24-25H2,1-3H3. The summed E-state index contributed by atoms with van der Waals surface area (Å²) < 4.78 is 5.96. The van der Waals surface area contributed by atoms with Gasteiger partial charge in [-0.1, -0.05) is 121 Å². The van der Waals surface area contributed by atoms with E-state index >= 15 is 0 Å². The topological polar surface area (TPSA) is 38.3 Å². The van der Waals surface area contributed by atoms with Crippen LogP contribution in [0.3, 0.4) is 0 Å². The third kappa shape index (κ3) is 6.33. The number of ether oxygens (including phenoxy) is 1. The smallest absolute Gasteiger partial charge is 0.324 e. The second-order valence-corrected chi connectivity index (χ2v) is 15.0. The van der Waals surface area contributed by atoms with Gasteiger partial charge in [0.15, 0.2) is 0 Å². The Morgan fingerprint density at radius 1 is 0.744 bits per heavy atom. The monoisotopic (exact) mass is 553 g/mol. The molecule has 1 heterocycles. The number of carbonyl (C=O) groups is 1. The fraction of sp³-hybridized carbons (Fsp3) is 0.265. The van der Waals surface area contributed by atoms with Crippen LogP contribution in [0.15, 0.2) is 121 Å². The van der Waals surface area contributed by atoms with Crippen molar-refractivity contribution in [3.63, 3.8) is 0 Å². The van der Waals surface area contributed by atoms with E-state index in [1.54, 1.807) is 0 Å². The SMILES string of the molecule is CC(C)(C)OC(=O)PC(c1ccccc1)(c1ccccc1)C1CC(P(c2ccccc2)c2ccccc2)CN1. The lowest BCUT2D eigenvalue weighted by Gasteiger charge is -2.40. The number of hydrogen-bond donors (Lipinski definition) is 1. The molecule has 5 rings (SSSR count). The third-order valence-corrected chi connectivity index (χ3v) is 11.7. The van der Waals surface area contributed by atoms with Gasteiger partial charge in [-0.25, -0.2) is 4.79 Å². The highest BCUT2D eigenvalue weighted by atomic mass is 31.1. The fourth-order valence-electron chi connectivity index (χ4n) is 5.66. The highest BCUT2D eigenvalue weighted by molar-refractivity contribution is 7.73. The van der Waals surface area contributed by atoms with Crippen LogP contribution in [0, 0.1) is 0 Å². The molecule has 1 aliphatic rings. The van der Waals surface area contributed by atoms with E-state index in [4.69, 9.17) is 4.74 Å². The lowest BCUT2D eigenvalue weighted by Crippen LogP contribution is -2.44. The first-order valence-corrected chi connectivity index (χ1v) is 16.0. The first kappa shape index (κ1) is 27.7. The van der Waals surface area contributed by atoms with Crippen molar-refractivity contribution in [3.8, 4) is 0 Å². The summed E-state index contributed by atoms with van der Waals surface area (Å²) in [7, 11) is -0.652. The summed E-state index contributed by atoms with van der Waals surface area (Å²) in [5.74, 6) is 0. The van der Waals surface area contributed by atoms with Gasteiger partial charge >= 0.3 is 5.71 Å². The van der Waals surface area contributed by atoms with Crippen LogP contribution in [0.4, 0.5) is 4.79 Å². The predicted molar refractivity (Wildman–Crippen MR) is 167 cm³/mol. The minimum atomic E-state index is -0.582. The number of rotatable bonds is 8. The summed E-state index contributed by atoms with van der Waals surface area (Å²) in [5.41, 5.74) is 2.06. The number of hydrogen-bond acceptors (Lipinski definition) is 3. The highest BCUT2D eigenvalue weighted by Gasteiger charge is 2.49. The van der Waals surface area contributed by atoms with E-state index < -0.39 is 18.7 Å². The summed E-state index contributed by atoms with van der Waals surface area (Å²) in [5, 5.41) is 6.20. The van der Waals surface area contributed by atoms with Crippen molar-refractivity contribution in [1.29, 1.82) is 0 Å². The normalized spacial score (nSPS) is 18.1. The van der Waals surface area contributed by atoms with Gasteiger partial charge in [-0.15, -0.1) is 0 Å². The molecule has 1 saturated heterocycles. The van der Waals surface area contributed by atoms with Crippen molar-refractivity contribution in [2.75, 3.05) is 6.54 Å². The zero-order valence-electron chi connectivity index (χ0n) is 22.9. The molecule has 0 spiro atoms. The van der Waals surface area contributed by atoms with Crippen LogP contribution >= 0.6 is 16.5 Å². The Balaban J connectivity index is 1.59. The second kappa shape index (κ2) is 12.1. The molecule has 3 unspecified atom stereocenters. The predicted octanol–water partition coefficient (Wildman–Crippen LogP) is 7.41. The van der Waals surface area contributed by atoms with Gasteiger partial charge in [0.2, 0.25) is 0 Å². The fourth-order valence-corrected chi connectivity index (χ4v) is 10.2. The number of carbonyl (C=O) groups excluding carboxylic acids is 1. The minimum absolute atomic E-state index is 0.0704. The van der Waals surface area contributed by atoms with E-state index in [0.29, 0.717) is 5.66 Å². The lowest BCUT2D eigenvalue weighted by molar-refractivity contribution is 0.0728. The molecule has 4 aromatic rings. The maximum absolute atomic E-state index is 13.6. The molecule has 0 saturated carbocycles. The molecule has 0 bridgehead atoms. The van der Waals surface area contributed by atoms with Crippen molar-refractivity contribution in [2.24, 2.45) is 0 Å². The zero-order chi connectivity index (χ0) is 27.3. The molecule has 3 atom stereocenters. The van der Waals surface area contributed by atoms with Crippen molar-refractivity contribution < 1.29 is 9.53 Å². The molecule has 200 valence electrons. The van der Waals surface area contributed by atoms with E-state index in [1.165, 1.54) is 10.6 Å². The first-order chi connectivity index (χ1) is 18.9. The summed E-state index contributed by atoms with van der Waals surface area (Å²) in [6.45, 7) is 6.73. The van der Waals surface area contributed by atoms with Crippen molar-refractivity contribution in [2.45, 2.75) is 49.6 Å². The minimum Gasteiger partial charge on any atom is -0.457 e. The molecule has 0 amide bonds. The molecule has 0 aliphatic carbocycles. The third-order valence-electron chi connectivity index (χ3n) is 7.22. The molecule has 1 fully saturated rings. The maximum atomic E-state index is 13.6. The van der Waals surface area contributed by atoms with E-state index in [9.17, 15) is 4.79 Å². The van der Waals surface area contributed by atoms with Crippen LogP contribution < -0.4 is 15.9 Å². The van der Waals surface area contributed by atoms with Crippen LogP contribution in [0.1, 0.15) is 38.3 Å². The van der Waals surface area contributed by atoms with Gasteiger partial charge in [-0.05, 0) is 56.8 Å². The number of nitrogens with one attached hydrogen (secondary N) is 1. The average Bonchev–Trinajstić information content (AvgIpc) is 3.43. The summed E-state index contributed by atoms with van der Waals surface area (Å²) in [4.78, 5) is 13.6. The first-order valence-electron chi connectivity index (χ1n) is 13.6. The molecule has 4 aromatic carbocycles. The second-order valence-electron chi connectivity index (χ2n) is 11.1. The van der Waals surface area contributed by atoms with Gasteiger partial charge in [0.1, 0.15) is 5.60 Å². The Hall–Kier alpha value is -2.83. The van der Waals surface area contributed by atoms with E-state index in [-0.39, 0.29) is 20.3 Å². The van der Waals surface area contributed by atoms with E-state index in [1.807, 2.05) is 32.9 Å². The van der Waals surface area contributed by atoms with Gasteiger partial charge in [-0.3, -0.25) is 0 Å². The molecule has 3 nitrogen and oxygen atoms in total. The van der Waals surface area contributed by atoms with Crippen LogP contribution in [0.2, 0.25) is 0 Å². The maximum Gasteiger partial charge on any atom is 0.324 e. The van der Waals surface area contributed by atoms with Crippen molar-refractivity contribution in [1.82, 2.24) is 5.32 Å². The van der Waals surface area contributed by atoms with E-state index in [0.717, 1.165) is 24.1 Å². The van der Waals surface area contributed by atoms with Gasteiger partial charge in [0, 0.05) is 26.8 Å². The van der Waals surface area contributed by atoms with Gasteiger partial charge < -0.3 is 10.1 Å². The quantitative estimate of drug-likeness (QED) is 0.231. The Bertz CT molecular complexity index is 1260. The Kier molecular flexibility index (Phi) is 8.63. The molecule has 39 heavy (non-hydrogen) atoms. The van der Waals surface area contributed by atoms with Crippen molar-refractivity contribution >= 4 is 32.8 Å². The van der Waals surface area contributed by atoms with Crippen LogP contribution in [0.25, 0.3) is 0 Å². The largest absolute Gasteiger partial charge is 0.457 e. The molecule has 0 radical (unpaired) electrons. The van der Waals surface area contributed by atoms with E-state index in [2.05, 4.69) is 115 Å². The molecule has 5 heteroatoms. The van der Waals surface area contributed by atoms with Gasteiger partial charge in [0.25, 0.3) is 0 Å². The van der Waals surface area contributed by atoms with Crippen LogP contribution in [0.5, 0.6) is 0 Å². The zero-order valence-corrected chi connectivity index (χ0v) is 24.8. The number of benzene rings is 4. The lowest BCUT2D eigenvalue weighted by atomic mass is 9.83. The van der Waals surface area contributed by atoms with Crippen molar-refractivity contribution in [3.05, 3.63) is 132 Å². The average molecular weight is 554 g/mol. The summed E-state index contributed by atoms with van der Waals surface area (Å²) in [6, 6.07) is 43.1.